The summed E-state index contributed by atoms with van der Waals surface area (Å²) in [5, 5.41) is 2.53. The Morgan fingerprint density at radius 1 is 1.29 bits per heavy atom. The highest BCUT2D eigenvalue weighted by Gasteiger charge is 2.28. The van der Waals surface area contributed by atoms with Crippen molar-refractivity contribution in [3.63, 3.8) is 0 Å². The Morgan fingerprint density at radius 3 is 2.59 bits per heavy atom. The van der Waals surface area contributed by atoms with Crippen molar-refractivity contribution in [3.05, 3.63) is 30.3 Å². The molecule has 0 aliphatic carbocycles. The van der Waals surface area contributed by atoms with Crippen molar-refractivity contribution in [2.45, 2.75) is 17.4 Å². The van der Waals surface area contributed by atoms with Crippen molar-refractivity contribution in [1.29, 1.82) is 0 Å². The summed E-state index contributed by atoms with van der Waals surface area (Å²) < 4.78 is 22.4. The molecule has 0 spiro atoms. The highest BCUT2D eigenvalue weighted by molar-refractivity contribution is 8.13. The molecule has 1 fully saturated rings. The van der Waals surface area contributed by atoms with Crippen LogP contribution in [0, 0.1) is 0 Å². The van der Waals surface area contributed by atoms with E-state index >= 15 is 0 Å². The number of carbonyl (C=O) groups excluding carboxylic acids is 1. The first-order valence-electron chi connectivity index (χ1n) is 5.29. The molecular weight excluding hydrogens is 258 g/mol. The molecule has 1 aliphatic rings. The van der Waals surface area contributed by atoms with Crippen LogP contribution in [0.15, 0.2) is 35.2 Å². The monoisotopic (exact) mass is 271 g/mol. The normalized spacial score (nSPS) is 22.2. The fourth-order valence-corrected chi connectivity index (χ4v) is 4.11. The van der Waals surface area contributed by atoms with Crippen LogP contribution in [0.5, 0.6) is 0 Å². The predicted molar refractivity (Wildman–Crippen MR) is 67.9 cm³/mol. The number of benzene rings is 1. The van der Waals surface area contributed by atoms with E-state index in [4.69, 9.17) is 0 Å². The Balaban J connectivity index is 1.87. The molecule has 1 N–H and O–H groups in total. The molecular formula is C11H13NO3S2. The summed E-state index contributed by atoms with van der Waals surface area (Å²) in [5.41, 5.74) is 0. The number of sulfone groups is 1. The first kappa shape index (κ1) is 12.4. The molecule has 0 bridgehead atoms. The average Bonchev–Trinajstić information content (AvgIpc) is 2.59. The summed E-state index contributed by atoms with van der Waals surface area (Å²) in [5.74, 6) is 0.238. The van der Waals surface area contributed by atoms with Crippen LogP contribution in [0.25, 0.3) is 0 Å². The second-order valence-electron chi connectivity index (χ2n) is 3.95. The van der Waals surface area contributed by atoms with Crippen molar-refractivity contribution in [1.82, 2.24) is 5.32 Å². The fraction of sp³-hybridized carbons (Fsp3) is 0.364. The summed E-state index contributed by atoms with van der Waals surface area (Å²) in [6.07, 6.45) is 0.517. The van der Waals surface area contributed by atoms with Gasteiger partial charge in [-0.25, -0.2) is 8.42 Å². The third-order valence-corrected chi connectivity index (χ3v) is 5.09. The topological polar surface area (TPSA) is 63.2 Å². The molecule has 92 valence electrons. The zero-order chi connectivity index (χ0) is 12.3. The lowest BCUT2D eigenvalue weighted by Crippen LogP contribution is -2.32. The molecule has 1 amide bonds. The van der Waals surface area contributed by atoms with Crippen LogP contribution in [0.2, 0.25) is 0 Å². The van der Waals surface area contributed by atoms with Crippen LogP contribution in [-0.2, 0) is 9.84 Å². The van der Waals surface area contributed by atoms with Crippen LogP contribution < -0.4 is 5.32 Å². The molecule has 17 heavy (non-hydrogen) atoms. The Kier molecular flexibility index (Phi) is 3.73. The van der Waals surface area contributed by atoms with Gasteiger partial charge in [0.1, 0.15) is 0 Å². The van der Waals surface area contributed by atoms with E-state index in [2.05, 4.69) is 5.32 Å². The Bertz CT molecular complexity index is 499. The molecule has 1 unspecified atom stereocenters. The molecule has 1 aliphatic heterocycles. The minimum Gasteiger partial charge on any atom is -0.343 e. The zero-order valence-electron chi connectivity index (χ0n) is 9.13. The van der Waals surface area contributed by atoms with Gasteiger partial charge in [-0.3, -0.25) is 4.79 Å². The smallest absolute Gasteiger partial charge is 0.284 e. The molecule has 1 aromatic rings. The van der Waals surface area contributed by atoms with E-state index in [9.17, 15) is 13.2 Å². The van der Waals surface area contributed by atoms with Gasteiger partial charge in [0.2, 0.25) is 0 Å². The third kappa shape index (κ3) is 3.74. The highest BCUT2D eigenvalue weighted by atomic mass is 32.2. The van der Waals surface area contributed by atoms with Crippen LogP contribution in [0.3, 0.4) is 0 Å². The van der Waals surface area contributed by atoms with Crippen molar-refractivity contribution >= 4 is 26.8 Å². The molecule has 2 rings (SSSR count). The standard InChI is InChI=1S/C11H13NO3S2/c13-11(16-10-4-2-1-3-5-10)12-9-6-7-17(14,15)8-9/h1-5,9H,6-8H2,(H,12,13). The molecule has 6 heteroatoms. The lowest BCUT2D eigenvalue weighted by Gasteiger charge is -2.09. The number of amides is 1. The lowest BCUT2D eigenvalue weighted by molar-refractivity contribution is 0.258. The Morgan fingerprint density at radius 2 is 2.00 bits per heavy atom. The number of hydrogen-bond acceptors (Lipinski definition) is 4. The molecule has 1 atom stereocenters. The SMILES string of the molecule is O=C(NC1CCS(=O)(=O)C1)Sc1ccccc1. The van der Waals surface area contributed by atoms with Crippen LogP contribution >= 0.6 is 11.8 Å². The molecule has 4 nitrogen and oxygen atoms in total. The van der Waals surface area contributed by atoms with Crippen LogP contribution in [0.1, 0.15) is 6.42 Å². The Hall–Kier alpha value is -1.01. The maximum absolute atomic E-state index is 11.6. The molecule has 1 saturated heterocycles. The molecule has 0 aromatic heterocycles. The van der Waals surface area contributed by atoms with Crippen molar-refractivity contribution in [2.24, 2.45) is 0 Å². The zero-order valence-corrected chi connectivity index (χ0v) is 10.8. The van der Waals surface area contributed by atoms with Gasteiger partial charge in [-0.2, -0.15) is 0 Å². The summed E-state index contributed by atoms with van der Waals surface area (Å²) in [4.78, 5) is 12.5. The summed E-state index contributed by atoms with van der Waals surface area (Å²) in [7, 11) is -2.94. The maximum atomic E-state index is 11.6. The van der Waals surface area contributed by atoms with Crippen LogP contribution in [-0.4, -0.2) is 31.2 Å². The highest BCUT2D eigenvalue weighted by Crippen LogP contribution is 2.19. The van der Waals surface area contributed by atoms with E-state index in [-0.39, 0.29) is 22.8 Å². The third-order valence-electron chi connectivity index (χ3n) is 2.51. The number of hydrogen-bond donors (Lipinski definition) is 1. The Labute approximate surface area is 105 Å². The molecule has 1 aromatic carbocycles. The van der Waals surface area contributed by atoms with E-state index < -0.39 is 9.84 Å². The first-order valence-corrected chi connectivity index (χ1v) is 7.93. The van der Waals surface area contributed by atoms with Gasteiger partial charge < -0.3 is 5.32 Å². The van der Waals surface area contributed by atoms with Gasteiger partial charge in [-0.1, -0.05) is 18.2 Å². The van der Waals surface area contributed by atoms with E-state index in [1.165, 1.54) is 0 Å². The quantitative estimate of drug-likeness (QED) is 0.831. The van der Waals surface area contributed by atoms with E-state index in [0.29, 0.717) is 6.42 Å². The van der Waals surface area contributed by atoms with Gasteiger partial charge in [0, 0.05) is 10.9 Å². The number of thioether (sulfide) groups is 1. The molecule has 0 saturated carbocycles. The minimum atomic E-state index is -2.94. The summed E-state index contributed by atoms with van der Waals surface area (Å²) in [6, 6.07) is 9.05. The average molecular weight is 271 g/mol. The number of carbonyl (C=O) groups is 1. The fourth-order valence-electron chi connectivity index (χ4n) is 1.70. The first-order chi connectivity index (χ1) is 8.05. The summed E-state index contributed by atoms with van der Waals surface area (Å²) in [6.45, 7) is 0. The van der Waals surface area contributed by atoms with Gasteiger partial charge in [-0.05, 0) is 30.3 Å². The van der Waals surface area contributed by atoms with Crippen LogP contribution in [0.4, 0.5) is 4.79 Å². The van der Waals surface area contributed by atoms with Crippen molar-refractivity contribution < 1.29 is 13.2 Å². The van der Waals surface area contributed by atoms with E-state index in [1.807, 2.05) is 30.3 Å². The van der Waals surface area contributed by atoms with Gasteiger partial charge in [-0.15, -0.1) is 0 Å². The second-order valence-corrected chi connectivity index (χ2v) is 7.22. The van der Waals surface area contributed by atoms with Gasteiger partial charge >= 0.3 is 0 Å². The van der Waals surface area contributed by atoms with Crippen molar-refractivity contribution in [2.75, 3.05) is 11.5 Å². The van der Waals surface area contributed by atoms with Gasteiger partial charge in [0.05, 0.1) is 11.5 Å². The molecule has 1 heterocycles. The minimum absolute atomic E-state index is 0.0636. The van der Waals surface area contributed by atoms with E-state index in [0.717, 1.165) is 16.7 Å². The summed E-state index contributed by atoms with van der Waals surface area (Å²) >= 11 is 1.09. The maximum Gasteiger partial charge on any atom is 0.284 e. The second kappa shape index (κ2) is 5.10. The van der Waals surface area contributed by atoms with E-state index in [1.54, 1.807) is 0 Å². The largest absolute Gasteiger partial charge is 0.343 e. The number of nitrogens with one attached hydrogen (secondary N) is 1. The van der Waals surface area contributed by atoms with Gasteiger partial charge in [0.25, 0.3) is 5.24 Å². The van der Waals surface area contributed by atoms with Gasteiger partial charge in [0.15, 0.2) is 9.84 Å². The lowest BCUT2D eigenvalue weighted by atomic mass is 10.3. The number of rotatable bonds is 2. The van der Waals surface area contributed by atoms with Crippen molar-refractivity contribution in [3.8, 4) is 0 Å². The molecule has 0 radical (unpaired) electrons. The predicted octanol–water partition coefficient (Wildman–Crippen LogP) is 1.68.